The second-order valence-corrected chi connectivity index (χ2v) is 5.24. The summed E-state index contributed by atoms with van der Waals surface area (Å²) in [5.41, 5.74) is 6.14. The van der Waals surface area contributed by atoms with Gasteiger partial charge >= 0.3 is 0 Å². The van der Waals surface area contributed by atoms with Gasteiger partial charge in [0.2, 0.25) is 0 Å². The van der Waals surface area contributed by atoms with Crippen molar-refractivity contribution in [1.82, 2.24) is 24.8 Å². The molecule has 6 nitrogen and oxygen atoms in total. The van der Waals surface area contributed by atoms with Crippen LogP contribution >= 0.6 is 0 Å². The van der Waals surface area contributed by atoms with Crippen molar-refractivity contribution in [3.8, 4) is 11.4 Å². The zero-order valence-corrected chi connectivity index (χ0v) is 12.7. The molecule has 0 bridgehead atoms. The topological polar surface area (TPSA) is 78.8 Å². The first-order valence-electron chi connectivity index (χ1n) is 7.22. The third-order valence-electron chi connectivity index (χ3n) is 3.98. The van der Waals surface area contributed by atoms with Gasteiger partial charge in [0.05, 0.1) is 5.69 Å². The molecule has 0 radical (unpaired) electrons. The van der Waals surface area contributed by atoms with Crippen LogP contribution in [0.15, 0.2) is 10.9 Å². The van der Waals surface area contributed by atoms with E-state index in [-0.39, 0.29) is 5.56 Å². The molecule has 6 heteroatoms. The predicted octanol–water partition coefficient (Wildman–Crippen LogP) is 2.15. The molecule has 0 atom stereocenters. The van der Waals surface area contributed by atoms with Crippen LogP contribution in [-0.4, -0.2) is 24.8 Å². The highest BCUT2D eigenvalue weighted by molar-refractivity contribution is 5.63. The van der Waals surface area contributed by atoms with Crippen LogP contribution in [0.5, 0.6) is 0 Å². The van der Waals surface area contributed by atoms with Crippen LogP contribution in [0.2, 0.25) is 0 Å². The molecule has 0 aliphatic carbocycles. The fourth-order valence-corrected chi connectivity index (χ4v) is 2.77. The molecule has 3 rings (SSSR count). The van der Waals surface area contributed by atoms with Crippen molar-refractivity contribution in [2.75, 3.05) is 0 Å². The standard InChI is InChI=1S/C15H19N5O/c1-5-10-9(4)19-20-13(21)7-12(16-15(10)20)14-8(3)11(6-2)17-18-14/h7,19H,5-6H2,1-4H3,(H,17,18). The molecule has 0 saturated carbocycles. The molecule has 3 heterocycles. The van der Waals surface area contributed by atoms with Crippen LogP contribution < -0.4 is 5.56 Å². The number of nitrogens with one attached hydrogen (secondary N) is 2. The smallest absolute Gasteiger partial charge is 0.273 e. The van der Waals surface area contributed by atoms with Gasteiger partial charge in [-0.1, -0.05) is 13.8 Å². The molecule has 3 aromatic rings. The summed E-state index contributed by atoms with van der Waals surface area (Å²) in [5.74, 6) is 0. The maximum Gasteiger partial charge on any atom is 0.273 e. The van der Waals surface area contributed by atoms with Gasteiger partial charge in [-0.2, -0.15) is 5.10 Å². The van der Waals surface area contributed by atoms with Crippen LogP contribution in [0, 0.1) is 13.8 Å². The summed E-state index contributed by atoms with van der Waals surface area (Å²) in [6.45, 7) is 8.09. The number of aryl methyl sites for hydroxylation is 3. The number of fused-ring (bicyclic) bond motifs is 1. The van der Waals surface area contributed by atoms with Crippen LogP contribution in [0.3, 0.4) is 0 Å². The van der Waals surface area contributed by atoms with Gasteiger partial charge in [-0.25, -0.2) is 9.50 Å². The molecular weight excluding hydrogens is 266 g/mol. The highest BCUT2D eigenvalue weighted by Crippen LogP contribution is 2.22. The summed E-state index contributed by atoms with van der Waals surface area (Å²) in [6, 6.07) is 1.53. The van der Waals surface area contributed by atoms with Crippen LogP contribution in [0.4, 0.5) is 0 Å². The van der Waals surface area contributed by atoms with Gasteiger partial charge in [0.25, 0.3) is 5.56 Å². The largest absolute Gasteiger partial charge is 0.294 e. The van der Waals surface area contributed by atoms with Crippen molar-refractivity contribution in [1.29, 1.82) is 0 Å². The Morgan fingerprint density at radius 3 is 2.62 bits per heavy atom. The lowest BCUT2D eigenvalue weighted by molar-refractivity contribution is 0.881. The molecule has 0 aromatic carbocycles. The summed E-state index contributed by atoms with van der Waals surface area (Å²) < 4.78 is 1.50. The fourth-order valence-electron chi connectivity index (χ4n) is 2.77. The van der Waals surface area contributed by atoms with Crippen molar-refractivity contribution >= 4 is 5.65 Å². The molecule has 2 N–H and O–H groups in total. The lowest BCUT2D eigenvalue weighted by Gasteiger charge is -2.01. The highest BCUT2D eigenvalue weighted by atomic mass is 16.1. The molecule has 0 aliphatic heterocycles. The quantitative estimate of drug-likeness (QED) is 0.774. The number of hydrogen-bond acceptors (Lipinski definition) is 3. The Labute approximate surface area is 122 Å². The zero-order valence-electron chi connectivity index (χ0n) is 12.7. The van der Waals surface area contributed by atoms with E-state index >= 15 is 0 Å². The maximum absolute atomic E-state index is 12.3. The number of aromatic nitrogens is 5. The SMILES string of the molecule is CCc1[nH]nc(-c2cc(=O)n3[nH]c(C)c(CC)c3n2)c1C. The molecule has 21 heavy (non-hydrogen) atoms. The third kappa shape index (κ3) is 1.98. The fraction of sp³-hybridized carbons (Fsp3) is 0.400. The molecule has 0 aliphatic rings. The minimum absolute atomic E-state index is 0.113. The Bertz CT molecular complexity index is 868. The van der Waals surface area contributed by atoms with Gasteiger partial charge < -0.3 is 0 Å². The van der Waals surface area contributed by atoms with Gasteiger partial charge in [-0.3, -0.25) is 15.0 Å². The van der Waals surface area contributed by atoms with Gasteiger partial charge in [0.1, 0.15) is 5.69 Å². The normalized spacial score (nSPS) is 11.4. The van der Waals surface area contributed by atoms with E-state index in [0.29, 0.717) is 11.3 Å². The number of rotatable bonds is 3. The molecule has 0 saturated heterocycles. The molecule has 0 unspecified atom stereocenters. The van der Waals surface area contributed by atoms with Crippen molar-refractivity contribution in [2.24, 2.45) is 0 Å². The first kappa shape index (κ1) is 13.6. The van der Waals surface area contributed by atoms with Crippen molar-refractivity contribution in [2.45, 2.75) is 40.5 Å². The molecule has 3 aromatic heterocycles. The van der Waals surface area contributed by atoms with Crippen molar-refractivity contribution < 1.29 is 0 Å². The Kier molecular flexibility index (Phi) is 3.16. The van der Waals surface area contributed by atoms with Crippen LogP contribution in [-0.2, 0) is 12.8 Å². The van der Waals surface area contributed by atoms with Gasteiger partial charge in [-0.15, -0.1) is 0 Å². The van der Waals surface area contributed by atoms with E-state index in [4.69, 9.17) is 0 Å². The Morgan fingerprint density at radius 1 is 1.24 bits per heavy atom. The minimum Gasteiger partial charge on any atom is -0.294 e. The van der Waals surface area contributed by atoms with E-state index in [1.165, 1.54) is 10.6 Å². The zero-order chi connectivity index (χ0) is 15.1. The summed E-state index contributed by atoms with van der Waals surface area (Å²) in [4.78, 5) is 17.0. The van der Waals surface area contributed by atoms with Crippen molar-refractivity contribution in [3.05, 3.63) is 38.9 Å². The summed E-state index contributed by atoms with van der Waals surface area (Å²) >= 11 is 0. The first-order valence-corrected chi connectivity index (χ1v) is 7.22. The van der Waals surface area contributed by atoms with Gasteiger partial charge in [-0.05, 0) is 32.3 Å². The average molecular weight is 285 g/mol. The Balaban J connectivity index is 2.29. The van der Waals surface area contributed by atoms with Crippen LogP contribution in [0.25, 0.3) is 17.0 Å². The van der Waals surface area contributed by atoms with E-state index in [9.17, 15) is 4.79 Å². The summed E-state index contributed by atoms with van der Waals surface area (Å²) in [6.07, 6.45) is 1.71. The van der Waals surface area contributed by atoms with E-state index in [1.54, 1.807) is 0 Å². The molecule has 110 valence electrons. The monoisotopic (exact) mass is 285 g/mol. The predicted molar refractivity (Wildman–Crippen MR) is 81.6 cm³/mol. The van der Waals surface area contributed by atoms with Gasteiger partial charge in [0, 0.05) is 23.0 Å². The third-order valence-corrected chi connectivity index (χ3v) is 3.98. The molecule has 0 spiro atoms. The lowest BCUT2D eigenvalue weighted by atomic mass is 10.1. The second-order valence-electron chi connectivity index (χ2n) is 5.24. The lowest BCUT2D eigenvalue weighted by Crippen LogP contribution is -2.14. The number of aromatic amines is 2. The first-order chi connectivity index (χ1) is 10.1. The average Bonchev–Trinajstić information content (AvgIpc) is 2.98. The number of nitrogens with zero attached hydrogens (tertiary/aromatic N) is 3. The van der Waals surface area contributed by atoms with Crippen molar-refractivity contribution in [3.63, 3.8) is 0 Å². The molecule has 0 fully saturated rings. The Hall–Kier alpha value is -2.37. The van der Waals surface area contributed by atoms with Crippen LogP contribution in [0.1, 0.15) is 36.4 Å². The molecule has 0 amide bonds. The van der Waals surface area contributed by atoms with E-state index in [0.717, 1.165) is 41.1 Å². The highest BCUT2D eigenvalue weighted by Gasteiger charge is 2.16. The molecular formula is C15H19N5O. The van der Waals surface area contributed by atoms with E-state index < -0.39 is 0 Å². The number of H-pyrrole nitrogens is 2. The maximum atomic E-state index is 12.3. The van der Waals surface area contributed by atoms with E-state index in [1.807, 2.05) is 13.8 Å². The van der Waals surface area contributed by atoms with Gasteiger partial charge in [0.15, 0.2) is 5.65 Å². The summed E-state index contributed by atoms with van der Waals surface area (Å²) in [5, 5.41) is 10.4. The van der Waals surface area contributed by atoms with E-state index in [2.05, 4.69) is 34.1 Å². The number of hydrogen-bond donors (Lipinski definition) is 2. The summed E-state index contributed by atoms with van der Waals surface area (Å²) in [7, 11) is 0. The second kappa shape index (κ2) is 4.87. The Morgan fingerprint density at radius 2 is 2.00 bits per heavy atom. The minimum atomic E-state index is -0.113.